The predicted octanol–water partition coefficient (Wildman–Crippen LogP) is 2.73. The number of aromatic nitrogens is 2. The second-order valence-corrected chi connectivity index (χ2v) is 6.06. The lowest BCUT2D eigenvalue weighted by Crippen LogP contribution is -2.40. The number of hydrogen-bond donors (Lipinski definition) is 3. The first kappa shape index (κ1) is 16.3. The molecule has 1 aromatic carbocycles. The zero-order valence-electron chi connectivity index (χ0n) is 12.7. The van der Waals surface area contributed by atoms with Crippen LogP contribution in [0.1, 0.15) is 19.5 Å². The first-order valence-corrected chi connectivity index (χ1v) is 7.23. The highest BCUT2D eigenvalue weighted by atomic mass is 35.5. The summed E-state index contributed by atoms with van der Waals surface area (Å²) in [5.74, 6) is 0.408. The number of nitrogens with zero attached hydrogens (tertiary/aromatic N) is 2. The molecule has 7 heteroatoms. The zero-order valence-corrected chi connectivity index (χ0v) is 13.5. The molecule has 0 spiro atoms. The van der Waals surface area contributed by atoms with Crippen molar-refractivity contribution in [2.45, 2.75) is 26.4 Å². The van der Waals surface area contributed by atoms with Gasteiger partial charge in [-0.25, -0.2) is 9.48 Å². The second-order valence-electron chi connectivity index (χ2n) is 5.65. The number of benzene rings is 1. The number of nitrogens with one attached hydrogen (secondary N) is 2. The van der Waals surface area contributed by atoms with Gasteiger partial charge in [-0.15, -0.1) is 5.10 Å². The minimum Gasteiger partial charge on any atom is -0.389 e. The Morgan fingerprint density at radius 3 is 2.73 bits per heavy atom. The average Bonchev–Trinajstić information content (AvgIpc) is 2.77. The third-order valence-electron chi connectivity index (χ3n) is 2.89. The van der Waals surface area contributed by atoms with Crippen molar-refractivity contribution in [1.29, 1.82) is 0 Å². The van der Waals surface area contributed by atoms with E-state index in [2.05, 4.69) is 15.7 Å². The van der Waals surface area contributed by atoms with Gasteiger partial charge in [0.2, 0.25) is 0 Å². The molecular formula is C15H19ClN4O2. The van der Waals surface area contributed by atoms with Gasteiger partial charge in [-0.2, -0.15) is 0 Å². The molecule has 0 fully saturated rings. The number of aryl methyl sites for hydroxylation is 1. The molecular weight excluding hydrogens is 304 g/mol. The van der Waals surface area contributed by atoms with Crippen LogP contribution in [-0.4, -0.2) is 33.1 Å². The fourth-order valence-electron chi connectivity index (χ4n) is 1.86. The predicted molar refractivity (Wildman–Crippen MR) is 86.6 cm³/mol. The lowest BCUT2D eigenvalue weighted by molar-refractivity contribution is 0.0826. The number of rotatable bonds is 4. The van der Waals surface area contributed by atoms with Crippen LogP contribution in [0.5, 0.6) is 0 Å². The van der Waals surface area contributed by atoms with Crippen molar-refractivity contribution in [3.8, 4) is 5.69 Å². The van der Waals surface area contributed by atoms with Crippen molar-refractivity contribution in [1.82, 2.24) is 15.1 Å². The van der Waals surface area contributed by atoms with Crippen molar-refractivity contribution in [2.75, 3.05) is 11.9 Å². The Bertz CT molecular complexity index is 676. The molecule has 1 heterocycles. The van der Waals surface area contributed by atoms with Gasteiger partial charge in [0.25, 0.3) is 0 Å². The number of hydrogen-bond acceptors (Lipinski definition) is 3. The molecule has 2 aromatic rings. The summed E-state index contributed by atoms with van der Waals surface area (Å²) in [7, 11) is 0. The van der Waals surface area contributed by atoms with Crippen LogP contribution in [0.4, 0.5) is 10.6 Å². The lowest BCUT2D eigenvalue weighted by Gasteiger charge is -2.17. The number of carbonyl (C=O) groups is 1. The number of carbonyl (C=O) groups excluding carboxylic acids is 1. The van der Waals surface area contributed by atoms with Gasteiger partial charge in [0.15, 0.2) is 5.82 Å². The fourth-order valence-corrected chi connectivity index (χ4v) is 2.08. The Kier molecular flexibility index (Phi) is 4.73. The molecule has 0 bridgehead atoms. The number of urea groups is 1. The van der Waals surface area contributed by atoms with Gasteiger partial charge in [-0.3, -0.25) is 5.32 Å². The van der Waals surface area contributed by atoms with Crippen LogP contribution < -0.4 is 10.6 Å². The molecule has 2 amide bonds. The number of aliphatic hydroxyl groups is 1. The molecule has 0 radical (unpaired) electrons. The maximum absolute atomic E-state index is 11.8. The third-order valence-corrected chi connectivity index (χ3v) is 3.21. The van der Waals surface area contributed by atoms with E-state index in [0.29, 0.717) is 10.8 Å². The Balaban J connectivity index is 2.10. The Morgan fingerprint density at radius 2 is 2.09 bits per heavy atom. The van der Waals surface area contributed by atoms with E-state index in [-0.39, 0.29) is 6.54 Å². The highest BCUT2D eigenvalue weighted by Gasteiger charge is 2.15. The molecule has 3 N–H and O–H groups in total. The molecule has 0 unspecified atom stereocenters. The van der Waals surface area contributed by atoms with E-state index >= 15 is 0 Å². The zero-order chi connectivity index (χ0) is 16.3. The smallest absolute Gasteiger partial charge is 0.320 e. The standard InChI is InChI=1S/C15H19ClN4O2/c1-10-8-13(18-14(21)17-9-15(2,3)22)19-20(10)12-7-5-4-6-11(12)16/h4-8,22H,9H2,1-3H3,(H2,17,18,19,21). The molecule has 0 aliphatic carbocycles. The van der Waals surface area contributed by atoms with Gasteiger partial charge in [-0.1, -0.05) is 23.7 Å². The highest BCUT2D eigenvalue weighted by Crippen LogP contribution is 2.22. The van der Waals surface area contributed by atoms with Crippen LogP contribution in [-0.2, 0) is 0 Å². The van der Waals surface area contributed by atoms with E-state index < -0.39 is 11.6 Å². The van der Waals surface area contributed by atoms with E-state index in [1.165, 1.54) is 0 Å². The monoisotopic (exact) mass is 322 g/mol. The highest BCUT2D eigenvalue weighted by molar-refractivity contribution is 6.32. The van der Waals surface area contributed by atoms with Crippen LogP contribution >= 0.6 is 11.6 Å². The normalized spacial score (nSPS) is 11.3. The minimum absolute atomic E-state index is 0.142. The molecule has 0 saturated carbocycles. The fraction of sp³-hybridized carbons (Fsp3) is 0.333. The molecule has 0 aliphatic rings. The minimum atomic E-state index is -0.968. The van der Waals surface area contributed by atoms with Gasteiger partial charge >= 0.3 is 6.03 Å². The summed E-state index contributed by atoms with van der Waals surface area (Å²) in [4.78, 5) is 11.8. The number of anilines is 1. The first-order valence-electron chi connectivity index (χ1n) is 6.85. The van der Waals surface area contributed by atoms with Crippen LogP contribution in [0.15, 0.2) is 30.3 Å². The summed E-state index contributed by atoms with van der Waals surface area (Å²) < 4.78 is 1.66. The van der Waals surface area contributed by atoms with Gasteiger partial charge in [0.05, 0.1) is 16.3 Å². The lowest BCUT2D eigenvalue weighted by atomic mass is 10.1. The van der Waals surface area contributed by atoms with E-state index in [1.54, 1.807) is 30.7 Å². The quantitative estimate of drug-likeness (QED) is 0.809. The van der Waals surface area contributed by atoms with E-state index in [0.717, 1.165) is 11.4 Å². The van der Waals surface area contributed by atoms with E-state index in [9.17, 15) is 9.90 Å². The van der Waals surface area contributed by atoms with Crippen molar-refractivity contribution >= 4 is 23.4 Å². The number of halogens is 1. The summed E-state index contributed by atoms with van der Waals surface area (Å²) in [6.45, 7) is 5.24. The Morgan fingerprint density at radius 1 is 1.41 bits per heavy atom. The maximum atomic E-state index is 11.8. The van der Waals surface area contributed by atoms with Crippen molar-refractivity contribution in [2.24, 2.45) is 0 Å². The van der Waals surface area contributed by atoms with Crippen LogP contribution in [0, 0.1) is 6.92 Å². The third kappa shape index (κ3) is 4.22. The molecule has 0 atom stereocenters. The SMILES string of the molecule is Cc1cc(NC(=O)NCC(C)(C)O)nn1-c1ccccc1Cl. The van der Waals surface area contributed by atoms with Crippen molar-refractivity contribution in [3.63, 3.8) is 0 Å². The molecule has 118 valence electrons. The van der Waals surface area contributed by atoms with Crippen molar-refractivity contribution < 1.29 is 9.90 Å². The topological polar surface area (TPSA) is 79.2 Å². The molecule has 6 nitrogen and oxygen atoms in total. The second kappa shape index (κ2) is 6.37. The van der Waals surface area contributed by atoms with Gasteiger partial charge < -0.3 is 10.4 Å². The number of amides is 2. The molecule has 0 aliphatic heterocycles. The van der Waals surface area contributed by atoms with E-state index in [4.69, 9.17) is 11.6 Å². The average molecular weight is 323 g/mol. The summed E-state index contributed by atoms with van der Waals surface area (Å²) in [6, 6.07) is 8.65. The molecule has 22 heavy (non-hydrogen) atoms. The molecule has 2 rings (SSSR count). The Labute approximate surface area is 134 Å². The van der Waals surface area contributed by atoms with Gasteiger partial charge in [0, 0.05) is 18.3 Å². The van der Waals surface area contributed by atoms with Crippen LogP contribution in [0.3, 0.4) is 0 Å². The van der Waals surface area contributed by atoms with E-state index in [1.807, 2.05) is 25.1 Å². The summed E-state index contributed by atoms with van der Waals surface area (Å²) in [6.07, 6.45) is 0. The molecule has 1 aromatic heterocycles. The van der Waals surface area contributed by atoms with Crippen molar-refractivity contribution in [3.05, 3.63) is 41.0 Å². The maximum Gasteiger partial charge on any atom is 0.320 e. The summed E-state index contributed by atoms with van der Waals surface area (Å²) >= 11 is 6.16. The van der Waals surface area contributed by atoms with Crippen LogP contribution in [0.25, 0.3) is 5.69 Å². The van der Waals surface area contributed by atoms with Gasteiger partial charge in [-0.05, 0) is 32.9 Å². The summed E-state index contributed by atoms with van der Waals surface area (Å²) in [5.41, 5.74) is 0.613. The first-order chi connectivity index (χ1) is 10.3. The van der Waals surface area contributed by atoms with Gasteiger partial charge in [0.1, 0.15) is 0 Å². The summed E-state index contributed by atoms with van der Waals surface area (Å²) in [5, 5.41) is 19.7. The molecule has 0 saturated heterocycles. The Hall–Kier alpha value is -2.05. The number of para-hydroxylation sites is 1. The van der Waals surface area contributed by atoms with Crippen LogP contribution in [0.2, 0.25) is 5.02 Å². The largest absolute Gasteiger partial charge is 0.389 e.